The molecule has 0 aliphatic heterocycles. The number of nitrogens with one attached hydrogen (secondary N) is 1. The number of rotatable bonds is 8. The first-order valence-electron chi connectivity index (χ1n) is 6.19. The molecule has 1 rings (SSSR count). The molecule has 1 aliphatic rings. The van der Waals surface area contributed by atoms with Gasteiger partial charge in [0.1, 0.15) is 0 Å². The Morgan fingerprint density at radius 2 is 2.00 bits per heavy atom. The predicted molar refractivity (Wildman–Crippen MR) is 62.1 cm³/mol. The molecular formula is C12H25NO2. The maximum atomic E-state index is 5.67. The van der Waals surface area contributed by atoms with Crippen LogP contribution in [-0.4, -0.2) is 38.0 Å². The van der Waals surface area contributed by atoms with E-state index in [-0.39, 0.29) is 0 Å². The zero-order chi connectivity index (χ0) is 11.1. The normalized spacial score (nSPS) is 25.6. The molecule has 1 saturated carbocycles. The summed E-state index contributed by atoms with van der Waals surface area (Å²) in [6.07, 6.45) is 4.33. The van der Waals surface area contributed by atoms with Crippen molar-refractivity contribution in [2.45, 2.75) is 58.3 Å². The Labute approximate surface area is 93.5 Å². The lowest BCUT2D eigenvalue weighted by Gasteiger charge is -2.35. The molecule has 0 atom stereocenters. The third-order valence-electron chi connectivity index (χ3n) is 2.67. The van der Waals surface area contributed by atoms with Gasteiger partial charge in [0, 0.05) is 6.04 Å². The van der Waals surface area contributed by atoms with E-state index in [4.69, 9.17) is 9.47 Å². The largest absolute Gasteiger partial charge is 0.376 e. The van der Waals surface area contributed by atoms with Gasteiger partial charge in [-0.2, -0.15) is 0 Å². The van der Waals surface area contributed by atoms with Crippen LogP contribution in [0, 0.1) is 0 Å². The number of hydrogen-bond acceptors (Lipinski definition) is 3. The second-order valence-electron chi connectivity index (χ2n) is 4.53. The molecule has 3 nitrogen and oxygen atoms in total. The number of ether oxygens (including phenoxy) is 2. The fraction of sp³-hybridized carbons (Fsp3) is 1.00. The molecule has 0 amide bonds. The molecule has 1 N–H and O–H groups in total. The van der Waals surface area contributed by atoms with E-state index in [1.807, 2.05) is 13.8 Å². The Morgan fingerprint density at radius 3 is 2.60 bits per heavy atom. The van der Waals surface area contributed by atoms with E-state index in [1.54, 1.807) is 0 Å². The van der Waals surface area contributed by atoms with Gasteiger partial charge in [-0.25, -0.2) is 0 Å². The van der Waals surface area contributed by atoms with Gasteiger partial charge in [-0.15, -0.1) is 0 Å². The van der Waals surface area contributed by atoms with E-state index in [9.17, 15) is 0 Å². The van der Waals surface area contributed by atoms with E-state index in [0.717, 1.165) is 19.8 Å². The molecule has 0 aromatic carbocycles. The van der Waals surface area contributed by atoms with Crippen LogP contribution in [0.3, 0.4) is 0 Å². The predicted octanol–water partition coefficient (Wildman–Crippen LogP) is 1.96. The molecule has 0 saturated heterocycles. The minimum atomic E-state index is 0.314. The van der Waals surface area contributed by atoms with Crippen molar-refractivity contribution in [2.24, 2.45) is 0 Å². The summed E-state index contributed by atoms with van der Waals surface area (Å²) in [5, 5.41) is 3.50. The van der Waals surface area contributed by atoms with Crippen LogP contribution in [0.1, 0.15) is 40.0 Å². The van der Waals surface area contributed by atoms with Gasteiger partial charge in [-0.3, -0.25) is 0 Å². The van der Waals surface area contributed by atoms with Crippen LogP contribution >= 0.6 is 0 Å². The van der Waals surface area contributed by atoms with Gasteiger partial charge in [0.25, 0.3) is 0 Å². The van der Waals surface area contributed by atoms with Crippen molar-refractivity contribution >= 4 is 0 Å². The lowest BCUT2D eigenvalue weighted by molar-refractivity contribution is -0.0506. The van der Waals surface area contributed by atoms with Gasteiger partial charge in [-0.1, -0.05) is 6.92 Å². The zero-order valence-corrected chi connectivity index (χ0v) is 10.3. The topological polar surface area (TPSA) is 30.5 Å². The average molecular weight is 215 g/mol. The third-order valence-corrected chi connectivity index (χ3v) is 2.67. The summed E-state index contributed by atoms with van der Waals surface area (Å²) in [5.41, 5.74) is 0. The highest BCUT2D eigenvalue weighted by Gasteiger charge is 2.28. The van der Waals surface area contributed by atoms with Crippen LogP contribution in [0.5, 0.6) is 0 Å². The molecule has 3 heteroatoms. The van der Waals surface area contributed by atoms with Crippen LogP contribution < -0.4 is 5.32 Å². The highest BCUT2D eigenvalue weighted by atomic mass is 16.5. The second-order valence-corrected chi connectivity index (χ2v) is 4.53. The maximum absolute atomic E-state index is 5.67. The summed E-state index contributed by atoms with van der Waals surface area (Å²) < 4.78 is 11.1. The Morgan fingerprint density at radius 1 is 1.27 bits per heavy atom. The molecule has 1 fully saturated rings. The lowest BCUT2D eigenvalue weighted by Crippen LogP contribution is -2.45. The monoisotopic (exact) mass is 215 g/mol. The molecule has 0 bridgehead atoms. The van der Waals surface area contributed by atoms with E-state index in [1.165, 1.54) is 19.3 Å². The van der Waals surface area contributed by atoms with Crippen LogP contribution in [-0.2, 0) is 9.47 Å². The SMILES string of the molecule is CCCNC1CC(OCCOC(C)C)C1. The smallest absolute Gasteiger partial charge is 0.0704 e. The molecule has 0 heterocycles. The van der Waals surface area contributed by atoms with Crippen molar-refractivity contribution in [2.75, 3.05) is 19.8 Å². The van der Waals surface area contributed by atoms with Gasteiger partial charge in [0.2, 0.25) is 0 Å². The van der Waals surface area contributed by atoms with Crippen LogP contribution in [0.25, 0.3) is 0 Å². The first kappa shape index (κ1) is 12.9. The van der Waals surface area contributed by atoms with Crippen molar-refractivity contribution < 1.29 is 9.47 Å². The molecule has 0 aromatic heterocycles. The quantitative estimate of drug-likeness (QED) is 0.628. The van der Waals surface area contributed by atoms with Gasteiger partial charge in [0.15, 0.2) is 0 Å². The summed E-state index contributed by atoms with van der Waals surface area (Å²) in [7, 11) is 0. The molecule has 90 valence electrons. The molecular weight excluding hydrogens is 190 g/mol. The molecule has 1 aliphatic carbocycles. The highest BCUT2D eigenvalue weighted by Crippen LogP contribution is 2.23. The van der Waals surface area contributed by atoms with Crippen LogP contribution in [0.15, 0.2) is 0 Å². The van der Waals surface area contributed by atoms with E-state index in [0.29, 0.717) is 18.2 Å². The standard InChI is InChI=1S/C12H25NO2/c1-4-5-13-11-8-12(9-11)15-7-6-14-10(2)3/h10-13H,4-9H2,1-3H3. The van der Waals surface area contributed by atoms with E-state index in [2.05, 4.69) is 12.2 Å². The Balaban J connectivity index is 1.85. The summed E-state index contributed by atoms with van der Waals surface area (Å²) in [4.78, 5) is 0. The summed E-state index contributed by atoms with van der Waals surface area (Å²) in [6.45, 7) is 8.89. The molecule has 0 spiro atoms. The average Bonchev–Trinajstić information content (AvgIpc) is 2.13. The Bertz CT molecular complexity index is 156. The maximum Gasteiger partial charge on any atom is 0.0704 e. The van der Waals surface area contributed by atoms with Crippen molar-refractivity contribution in [3.63, 3.8) is 0 Å². The van der Waals surface area contributed by atoms with Crippen molar-refractivity contribution in [3.8, 4) is 0 Å². The van der Waals surface area contributed by atoms with Gasteiger partial charge in [-0.05, 0) is 39.7 Å². The van der Waals surface area contributed by atoms with Crippen LogP contribution in [0.4, 0.5) is 0 Å². The van der Waals surface area contributed by atoms with Crippen molar-refractivity contribution in [1.29, 1.82) is 0 Å². The van der Waals surface area contributed by atoms with Crippen LogP contribution in [0.2, 0.25) is 0 Å². The molecule has 0 unspecified atom stereocenters. The zero-order valence-electron chi connectivity index (χ0n) is 10.3. The lowest BCUT2D eigenvalue weighted by atomic mass is 9.89. The van der Waals surface area contributed by atoms with Crippen molar-refractivity contribution in [3.05, 3.63) is 0 Å². The van der Waals surface area contributed by atoms with E-state index >= 15 is 0 Å². The van der Waals surface area contributed by atoms with Gasteiger partial charge in [0.05, 0.1) is 25.4 Å². The van der Waals surface area contributed by atoms with E-state index < -0.39 is 0 Å². The second kappa shape index (κ2) is 7.20. The minimum absolute atomic E-state index is 0.314. The summed E-state index contributed by atoms with van der Waals surface area (Å²) in [5.74, 6) is 0. The highest BCUT2D eigenvalue weighted by molar-refractivity contribution is 4.85. The van der Waals surface area contributed by atoms with Gasteiger partial charge >= 0.3 is 0 Å². The van der Waals surface area contributed by atoms with Gasteiger partial charge < -0.3 is 14.8 Å². The van der Waals surface area contributed by atoms with Crippen molar-refractivity contribution in [1.82, 2.24) is 5.32 Å². The molecule has 0 radical (unpaired) electrons. The third kappa shape index (κ3) is 5.50. The first-order chi connectivity index (χ1) is 7.22. The Kier molecular flexibility index (Phi) is 6.22. The minimum Gasteiger partial charge on any atom is -0.376 e. The summed E-state index contributed by atoms with van der Waals surface area (Å²) >= 11 is 0. The molecule has 15 heavy (non-hydrogen) atoms. The fourth-order valence-electron chi connectivity index (χ4n) is 1.72. The fourth-order valence-corrected chi connectivity index (χ4v) is 1.72. The summed E-state index contributed by atoms with van der Waals surface area (Å²) in [6, 6.07) is 0.695. The Hall–Kier alpha value is -0.120. The first-order valence-corrected chi connectivity index (χ1v) is 6.19. The number of hydrogen-bond donors (Lipinski definition) is 1. The molecule has 0 aromatic rings.